The lowest BCUT2D eigenvalue weighted by Crippen LogP contribution is -2.21. The van der Waals surface area contributed by atoms with Crippen LogP contribution in [0.3, 0.4) is 0 Å². The van der Waals surface area contributed by atoms with E-state index in [9.17, 15) is 28.1 Å². The predicted octanol–water partition coefficient (Wildman–Crippen LogP) is 3.37. The quantitative estimate of drug-likeness (QED) is 0.464. The molecule has 0 atom stereocenters. The minimum Gasteiger partial charge on any atom is -0.308 e. The zero-order valence-corrected chi connectivity index (χ0v) is 16.0. The van der Waals surface area contributed by atoms with Crippen LogP contribution in [0.15, 0.2) is 30.3 Å². The van der Waals surface area contributed by atoms with Crippen LogP contribution in [-0.2, 0) is 17.9 Å². The van der Waals surface area contributed by atoms with Gasteiger partial charge in [0.05, 0.1) is 11.5 Å². The average molecular weight is 422 g/mol. The second-order valence-corrected chi connectivity index (χ2v) is 6.50. The van der Waals surface area contributed by atoms with E-state index >= 15 is 0 Å². The number of hydrogen-bond donors (Lipinski definition) is 1. The summed E-state index contributed by atoms with van der Waals surface area (Å²) in [6.45, 7) is 2.59. The molecule has 0 unspecified atom stereocenters. The van der Waals surface area contributed by atoms with Gasteiger partial charge in [0, 0.05) is 17.3 Å². The Morgan fingerprint density at radius 3 is 2.53 bits per heavy atom. The van der Waals surface area contributed by atoms with Crippen LogP contribution in [0.25, 0.3) is 0 Å². The van der Waals surface area contributed by atoms with E-state index in [1.54, 1.807) is 31.2 Å². The molecule has 0 radical (unpaired) electrons. The second-order valence-electron chi connectivity index (χ2n) is 6.50. The molecule has 1 N–H and O–H groups in total. The fraction of sp³-hybridized carbons (Fsp3) is 0.278. The van der Waals surface area contributed by atoms with Gasteiger partial charge in [-0.2, -0.15) is 10.2 Å². The minimum atomic E-state index is -3.15. The number of aryl methyl sites for hydroxylation is 1. The van der Waals surface area contributed by atoms with E-state index in [0.29, 0.717) is 11.3 Å². The Morgan fingerprint density at radius 2 is 1.93 bits per heavy atom. The predicted molar refractivity (Wildman–Crippen MR) is 99.7 cm³/mol. The first kappa shape index (κ1) is 21.0. The third-order valence-corrected chi connectivity index (χ3v) is 4.41. The first-order valence-electron chi connectivity index (χ1n) is 8.75. The third kappa shape index (κ3) is 4.31. The molecular formula is C18H17F3N6O3. The maximum absolute atomic E-state index is 13.8. The zero-order chi connectivity index (χ0) is 22.0. The van der Waals surface area contributed by atoms with Crippen LogP contribution in [0.1, 0.15) is 29.1 Å². The molecule has 158 valence electrons. The van der Waals surface area contributed by atoms with Crippen molar-refractivity contribution < 1.29 is 22.9 Å². The SMILES string of the molecule is Cc1cc(NC(=O)Cn2nc(C(F)F)c([N+](=O)[O-])c2C)nn1Cc1ccccc1F. The van der Waals surface area contributed by atoms with Crippen LogP contribution in [0.4, 0.5) is 24.7 Å². The van der Waals surface area contributed by atoms with E-state index in [2.05, 4.69) is 15.5 Å². The smallest absolute Gasteiger partial charge is 0.308 e. The number of amides is 1. The summed E-state index contributed by atoms with van der Waals surface area (Å²) in [5, 5.41) is 21.2. The van der Waals surface area contributed by atoms with Crippen molar-refractivity contribution in [3.8, 4) is 0 Å². The van der Waals surface area contributed by atoms with Crippen molar-refractivity contribution in [3.63, 3.8) is 0 Å². The van der Waals surface area contributed by atoms with E-state index in [1.807, 2.05) is 0 Å². The van der Waals surface area contributed by atoms with E-state index in [4.69, 9.17) is 0 Å². The number of nitrogens with zero attached hydrogens (tertiary/aromatic N) is 5. The van der Waals surface area contributed by atoms with Gasteiger partial charge in [0.25, 0.3) is 6.43 Å². The maximum atomic E-state index is 13.8. The van der Waals surface area contributed by atoms with Crippen molar-refractivity contribution in [1.82, 2.24) is 19.6 Å². The van der Waals surface area contributed by atoms with Crippen LogP contribution >= 0.6 is 0 Å². The summed E-state index contributed by atoms with van der Waals surface area (Å²) in [7, 11) is 0. The highest BCUT2D eigenvalue weighted by Gasteiger charge is 2.31. The van der Waals surface area contributed by atoms with Gasteiger partial charge in [-0.25, -0.2) is 13.2 Å². The topological polar surface area (TPSA) is 108 Å². The Bertz CT molecular complexity index is 1110. The fourth-order valence-corrected chi connectivity index (χ4v) is 2.92. The molecule has 0 aliphatic carbocycles. The van der Waals surface area contributed by atoms with Gasteiger partial charge in [0.1, 0.15) is 18.1 Å². The molecule has 12 heteroatoms. The second kappa shape index (κ2) is 8.35. The summed E-state index contributed by atoms with van der Waals surface area (Å²) in [5.74, 6) is -0.877. The third-order valence-electron chi connectivity index (χ3n) is 4.41. The molecule has 0 saturated carbocycles. The lowest BCUT2D eigenvalue weighted by molar-refractivity contribution is -0.386. The van der Waals surface area contributed by atoms with Crippen molar-refractivity contribution in [3.05, 3.63) is 68.9 Å². The number of aromatic nitrogens is 4. The number of carbonyl (C=O) groups is 1. The van der Waals surface area contributed by atoms with E-state index < -0.39 is 35.2 Å². The summed E-state index contributed by atoms with van der Waals surface area (Å²) in [5.41, 5.74) is -0.898. The van der Waals surface area contributed by atoms with Crippen molar-refractivity contribution in [2.45, 2.75) is 33.4 Å². The monoisotopic (exact) mass is 422 g/mol. The highest BCUT2D eigenvalue weighted by molar-refractivity contribution is 5.89. The van der Waals surface area contributed by atoms with E-state index in [-0.39, 0.29) is 23.9 Å². The molecule has 1 aromatic carbocycles. The first-order valence-corrected chi connectivity index (χ1v) is 8.75. The number of halogens is 3. The molecule has 9 nitrogen and oxygen atoms in total. The summed E-state index contributed by atoms with van der Waals surface area (Å²) in [6, 6.07) is 7.77. The molecular weight excluding hydrogens is 405 g/mol. The fourth-order valence-electron chi connectivity index (χ4n) is 2.92. The zero-order valence-electron chi connectivity index (χ0n) is 16.0. The molecule has 2 aromatic heterocycles. The van der Waals surface area contributed by atoms with Gasteiger partial charge < -0.3 is 5.32 Å². The van der Waals surface area contributed by atoms with Gasteiger partial charge >= 0.3 is 5.69 Å². The molecule has 0 bridgehead atoms. The van der Waals surface area contributed by atoms with Gasteiger partial charge in [0.2, 0.25) is 11.6 Å². The Balaban J connectivity index is 1.74. The molecule has 2 heterocycles. The van der Waals surface area contributed by atoms with Gasteiger partial charge in [-0.1, -0.05) is 18.2 Å². The number of hydrogen-bond acceptors (Lipinski definition) is 5. The Kier molecular flexibility index (Phi) is 5.85. The molecule has 0 fully saturated rings. The Hall–Kier alpha value is -3.70. The molecule has 3 aromatic rings. The molecule has 30 heavy (non-hydrogen) atoms. The molecule has 0 saturated heterocycles. The number of alkyl halides is 2. The molecule has 3 rings (SSSR count). The number of nitro groups is 1. The van der Waals surface area contributed by atoms with Crippen LogP contribution in [0, 0.1) is 29.8 Å². The lowest BCUT2D eigenvalue weighted by Gasteiger charge is -2.06. The summed E-state index contributed by atoms with van der Waals surface area (Å²) < 4.78 is 42.2. The van der Waals surface area contributed by atoms with E-state index in [1.165, 1.54) is 17.7 Å². The number of carbonyl (C=O) groups excluding carboxylic acids is 1. The summed E-state index contributed by atoms with van der Waals surface area (Å²) in [4.78, 5) is 22.4. The van der Waals surface area contributed by atoms with Crippen molar-refractivity contribution in [2.75, 3.05) is 5.32 Å². The molecule has 0 aliphatic rings. The van der Waals surface area contributed by atoms with E-state index in [0.717, 1.165) is 4.68 Å². The van der Waals surface area contributed by atoms with Crippen LogP contribution < -0.4 is 5.32 Å². The minimum absolute atomic E-state index is 0.149. The standard InChI is InChI=1S/C18H17F3N6O3/c1-10-7-14(23-25(10)8-12-5-3-4-6-13(12)19)22-15(28)9-26-11(2)17(27(29)30)16(24-26)18(20)21/h3-7,18H,8-9H2,1-2H3,(H,22,23,28). The summed E-state index contributed by atoms with van der Waals surface area (Å²) in [6.07, 6.45) is -3.15. The summed E-state index contributed by atoms with van der Waals surface area (Å²) >= 11 is 0. The van der Waals surface area contributed by atoms with Gasteiger partial charge in [0.15, 0.2) is 5.82 Å². The highest BCUT2D eigenvalue weighted by atomic mass is 19.3. The Labute approximate surface area is 168 Å². The molecule has 0 aliphatic heterocycles. The molecule has 0 spiro atoms. The van der Waals surface area contributed by atoms with Gasteiger partial charge in [-0.05, 0) is 19.9 Å². The van der Waals surface area contributed by atoms with Crippen molar-refractivity contribution in [2.24, 2.45) is 0 Å². The Morgan fingerprint density at radius 1 is 1.23 bits per heavy atom. The first-order chi connectivity index (χ1) is 14.2. The number of benzene rings is 1. The van der Waals surface area contributed by atoms with Gasteiger partial charge in [-0.3, -0.25) is 24.3 Å². The van der Waals surface area contributed by atoms with Crippen molar-refractivity contribution in [1.29, 1.82) is 0 Å². The maximum Gasteiger partial charge on any atom is 0.319 e. The normalized spacial score (nSPS) is 11.1. The largest absolute Gasteiger partial charge is 0.319 e. The number of anilines is 1. The van der Waals surface area contributed by atoms with Crippen molar-refractivity contribution >= 4 is 17.4 Å². The number of nitrogens with one attached hydrogen (secondary N) is 1. The average Bonchev–Trinajstić information content (AvgIpc) is 3.17. The lowest BCUT2D eigenvalue weighted by atomic mass is 10.2. The van der Waals surface area contributed by atoms with Crippen LogP contribution in [0.2, 0.25) is 0 Å². The highest BCUT2D eigenvalue weighted by Crippen LogP contribution is 2.30. The van der Waals surface area contributed by atoms with Crippen LogP contribution in [-0.4, -0.2) is 30.4 Å². The van der Waals surface area contributed by atoms with Gasteiger partial charge in [-0.15, -0.1) is 0 Å². The number of rotatable bonds is 7. The molecule has 1 amide bonds. The van der Waals surface area contributed by atoms with Crippen LogP contribution in [0.5, 0.6) is 0 Å².